The van der Waals surface area contributed by atoms with Gasteiger partial charge in [-0.1, -0.05) is 11.6 Å². The van der Waals surface area contributed by atoms with Gasteiger partial charge in [-0.05, 0) is 22.6 Å². The van der Waals surface area contributed by atoms with Crippen molar-refractivity contribution in [3.05, 3.63) is 21.2 Å². The molecule has 1 fully saturated rings. The highest BCUT2D eigenvalue weighted by Gasteiger charge is 2.44. The molecule has 0 bridgehead atoms. The first-order valence-electron chi connectivity index (χ1n) is 6.21. The lowest BCUT2D eigenvalue weighted by molar-refractivity contribution is -0.0578. The van der Waals surface area contributed by atoms with Crippen molar-refractivity contribution >= 4 is 45.2 Å². The van der Waals surface area contributed by atoms with Gasteiger partial charge in [0.15, 0.2) is 6.23 Å². The number of fused-ring (bicyclic) bond motifs is 1. The maximum atomic E-state index is 10.2. The number of hydrogen-bond donors (Lipinski definition) is 2. The van der Waals surface area contributed by atoms with Gasteiger partial charge >= 0.3 is 0 Å². The summed E-state index contributed by atoms with van der Waals surface area (Å²) in [5, 5.41) is 21.3. The number of halogens is 2. The average molecular weight is 426 g/mol. The maximum Gasteiger partial charge on any atom is 0.164 e. The van der Waals surface area contributed by atoms with Crippen LogP contribution in [0, 0.1) is 3.57 Å². The highest BCUT2D eigenvalue weighted by Crippen LogP contribution is 2.35. The number of rotatable bonds is 3. The van der Waals surface area contributed by atoms with Crippen LogP contribution >= 0.6 is 34.2 Å². The maximum absolute atomic E-state index is 10.2. The van der Waals surface area contributed by atoms with Gasteiger partial charge in [0, 0.05) is 16.9 Å². The lowest BCUT2D eigenvalue weighted by atomic mass is 10.1. The normalized spacial score (nSPS) is 29.4. The summed E-state index contributed by atoms with van der Waals surface area (Å²) < 4.78 is 13.2. The summed E-state index contributed by atoms with van der Waals surface area (Å²) in [5.41, 5.74) is 0.550. The Morgan fingerprint density at radius 1 is 1.43 bits per heavy atom. The number of methoxy groups -OCH3 is 1. The Hall–Kier alpha value is -0.520. The second-order valence-electron chi connectivity index (χ2n) is 4.75. The summed E-state index contributed by atoms with van der Waals surface area (Å²) in [6.45, 7) is 0.195. The fourth-order valence-corrected chi connectivity index (χ4v) is 3.65. The van der Waals surface area contributed by atoms with E-state index in [-0.39, 0.29) is 6.61 Å². The van der Waals surface area contributed by atoms with Crippen molar-refractivity contribution in [2.24, 2.45) is 0 Å². The quantitative estimate of drug-likeness (QED) is 0.562. The predicted octanol–water partition coefficient (Wildman–Crippen LogP) is 0.955. The minimum absolute atomic E-state index is 0.195. The molecule has 0 spiro atoms. The molecule has 0 unspecified atom stereocenters. The lowest BCUT2D eigenvalue weighted by Crippen LogP contribution is -2.33. The Morgan fingerprint density at radius 3 is 2.90 bits per heavy atom. The summed E-state index contributed by atoms with van der Waals surface area (Å²) in [5.74, 6) is 0. The van der Waals surface area contributed by atoms with Gasteiger partial charge in [0.2, 0.25) is 0 Å². The molecule has 0 aromatic carbocycles. The fourth-order valence-electron chi connectivity index (χ4n) is 2.46. The Kier molecular flexibility index (Phi) is 4.35. The van der Waals surface area contributed by atoms with Gasteiger partial charge < -0.3 is 24.3 Å². The average Bonchev–Trinajstić information content (AvgIpc) is 2.93. The number of nitrogens with zero attached hydrogens (tertiary/aromatic N) is 3. The zero-order valence-electron chi connectivity index (χ0n) is 11.0. The predicted molar refractivity (Wildman–Crippen MR) is 83.1 cm³/mol. The summed E-state index contributed by atoms with van der Waals surface area (Å²) >= 11 is 8.20. The standard InChI is InChI=1S/C12H13ClIN3O4/c1-20-3-6-8(18)9(19)12(21-6)17-2-5(14)7-10(13)15-4-16-11(7)17/h2,4,6,8-9,12,18-19H,3H2,1H3/t6-,8+,9+,12+/m0/s1. The summed E-state index contributed by atoms with van der Waals surface area (Å²) in [6, 6.07) is 0. The van der Waals surface area contributed by atoms with Gasteiger partial charge in [-0.3, -0.25) is 0 Å². The molecule has 1 aliphatic rings. The Bertz CT molecular complexity index is 667. The topological polar surface area (TPSA) is 89.6 Å². The molecule has 9 heteroatoms. The summed E-state index contributed by atoms with van der Waals surface area (Å²) in [4.78, 5) is 8.15. The molecule has 21 heavy (non-hydrogen) atoms. The van der Waals surface area contributed by atoms with Crippen LogP contribution in [0.2, 0.25) is 5.15 Å². The van der Waals surface area contributed by atoms with Gasteiger partial charge in [-0.25, -0.2) is 9.97 Å². The third-order valence-electron chi connectivity index (χ3n) is 3.46. The molecule has 3 rings (SSSR count). The largest absolute Gasteiger partial charge is 0.387 e. The molecule has 2 N–H and O–H groups in total. The van der Waals surface area contributed by atoms with E-state index in [0.717, 1.165) is 3.57 Å². The molecule has 1 saturated heterocycles. The van der Waals surface area contributed by atoms with Gasteiger partial charge in [0.25, 0.3) is 0 Å². The molecule has 0 amide bonds. The number of hydrogen-bond acceptors (Lipinski definition) is 6. The van der Waals surface area contributed by atoms with Crippen LogP contribution in [0.4, 0.5) is 0 Å². The van der Waals surface area contributed by atoms with E-state index in [1.54, 1.807) is 10.8 Å². The molecule has 2 aromatic heterocycles. The molecule has 0 radical (unpaired) electrons. The van der Waals surface area contributed by atoms with Crippen LogP contribution in [0.25, 0.3) is 11.0 Å². The first-order chi connectivity index (χ1) is 10.0. The van der Waals surface area contributed by atoms with E-state index in [4.69, 9.17) is 21.1 Å². The zero-order chi connectivity index (χ0) is 15.1. The second-order valence-corrected chi connectivity index (χ2v) is 6.27. The number of ether oxygens (including phenoxy) is 2. The molecule has 0 aliphatic carbocycles. The SMILES string of the molecule is COC[C@@H]1O[C@@H](n2cc(I)c3c(Cl)ncnc32)[C@H](O)[C@@H]1O. The van der Waals surface area contributed by atoms with Crippen LogP contribution in [0.5, 0.6) is 0 Å². The minimum atomic E-state index is -1.08. The van der Waals surface area contributed by atoms with Crippen molar-refractivity contribution in [1.82, 2.24) is 14.5 Å². The molecule has 4 atom stereocenters. The Morgan fingerprint density at radius 2 is 2.19 bits per heavy atom. The number of aliphatic hydroxyl groups is 2. The van der Waals surface area contributed by atoms with Crippen molar-refractivity contribution in [3.8, 4) is 0 Å². The first kappa shape index (κ1) is 15.4. The molecule has 114 valence electrons. The van der Waals surface area contributed by atoms with Gasteiger partial charge in [0.1, 0.15) is 35.4 Å². The molecule has 1 aliphatic heterocycles. The van der Waals surface area contributed by atoms with Crippen molar-refractivity contribution in [1.29, 1.82) is 0 Å². The monoisotopic (exact) mass is 425 g/mol. The van der Waals surface area contributed by atoms with Gasteiger partial charge in [0.05, 0.1) is 12.0 Å². The van der Waals surface area contributed by atoms with Crippen molar-refractivity contribution < 1.29 is 19.7 Å². The first-order valence-corrected chi connectivity index (χ1v) is 7.67. The van der Waals surface area contributed by atoms with E-state index in [9.17, 15) is 10.2 Å². The van der Waals surface area contributed by atoms with Crippen LogP contribution in [0.15, 0.2) is 12.5 Å². The molecular formula is C12H13ClIN3O4. The highest BCUT2D eigenvalue weighted by atomic mass is 127. The second kappa shape index (κ2) is 5.94. The number of aromatic nitrogens is 3. The van der Waals surface area contributed by atoms with Crippen LogP contribution in [-0.4, -0.2) is 56.8 Å². The van der Waals surface area contributed by atoms with E-state index in [2.05, 4.69) is 32.6 Å². The van der Waals surface area contributed by atoms with Crippen molar-refractivity contribution in [2.75, 3.05) is 13.7 Å². The van der Waals surface area contributed by atoms with Gasteiger partial charge in [-0.15, -0.1) is 0 Å². The van der Waals surface area contributed by atoms with Crippen molar-refractivity contribution in [3.63, 3.8) is 0 Å². The minimum Gasteiger partial charge on any atom is -0.387 e. The zero-order valence-corrected chi connectivity index (χ0v) is 13.9. The summed E-state index contributed by atoms with van der Waals surface area (Å²) in [6.07, 6.45) is -0.337. The lowest BCUT2D eigenvalue weighted by Gasteiger charge is -2.17. The molecule has 0 saturated carbocycles. The molecule has 7 nitrogen and oxygen atoms in total. The fraction of sp³-hybridized carbons (Fsp3) is 0.500. The van der Waals surface area contributed by atoms with E-state index in [0.29, 0.717) is 16.2 Å². The van der Waals surface area contributed by atoms with Gasteiger partial charge in [-0.2, -0.15) is 0 Å². The van der Waals surface area contributed by atoms with E-state index >= 15 is 0 Å². The third-order valence-corrected chi connectivity index (χ3v) is 4.56. The van der Waals surface area contributed by atoms with E-state index in [1.165, 1.54) is 13.4 Å². The summed E-state index contributed by atoms with van der Waals surface area (Å²) in [7, 11) is 1.51. The van der Waals surface area contributed by atoms with Crippen LogP contribution in [-0.2, 0) is 9.47 Å². The third kappa shape index (κ3) is 2.53. The Balaban J connectivity index is 2.03. The smallest absolute Gasteiger partial charge is 0.164 e. The van der Waals surface area contributed by atoms with E-state index < -0.39 is 24.5 Å². The van der Waals surface area contributed by atoms with E-state index in [1.807, 2.05) is 0 Å². The number of aliphatic hydroxyl groups excluding tert-OH is 2. The Labute approximate surface area is 139 Å². The molecular weight excluding hydrogens is 413 g/mol. The molecule has 2 aromatic rings. The molecule has 3 heterocycles. The van der Waals surface area contributed by atoms with Crippen LogP contribution < -0.4 is 0 Å². The van der Waals surface area contributed by atoms with Crippen LogP contribution in [0.1, 0.15) is 6.23 Å². The van der Waals surface area contributed by atoms with Crippen molar-refractivity contribution in [2.45, 2.75) is 24.5 Å². The van der Waals surface area contributed by atoms with Crippen LogP contribution in [0.3, 0.4) is 0 Å². The highest BCUT2D eigenvalue weighted by molar-refractivity contribution is 14.1.